The van der Waals surface area contributed by atoms with E-state index in [2.05, 4.69) is 15.5 Å². The van der Waals surface area contributed by atoms with E-state index in [1.165, 1.54) is 35.8 Å². The van der Waals surface area contributed by atoms with E-state index in [1.807, 2.05) is 0 Å². The smallest absolute Gasteiger partial charge is 0.301 e. The van der Waals surface area contributed by atoms with E-state index in [0.29, 0.717) is 33.9 Å². The van der Waals surface area contributed by atoms with Crippen LogP contribution in [0, 0.1) is 12.7 Å². The van der Waals surface area contributed by atoms with Crippen molar-refractivity contribution in [2.45, 2.75) is 18.0 Å². The number of anilines is 1. The van der Waals surface area contributed by atoms with Gasteiger partial charge in [0.15, 0.2) is 15.5 Å². The van der Waals surface area contributed by atoms with Crippen molar-refractivity contribution in [3.8, 4) is 16.8 Å². The summed E-state index contributed by atoms with van der Waals surface area (Å²) in [6.45, 7) is 1.46. The Balaban J connectivity index is 1.71. The van der Waals surface area contributed by atoms with Gasteiger partial charge in [0.2, 0.25) is 0 Å². The highest BCUT2D eigenvalue weighted by Crippen LogP contribution is 2.38. The Kier molecular flexibility index (Phi) is 6.43. The van der Waals surface area contributed by atoms with Crippen LogP contribution in [-0.2, 0) is 16.0 Å². The minimum atomic E-state index is -4.64. The highest BCUT2D eigenvalue weighted by molar-refractivity contribution is 7.90. The van der Waals surface area contributed by atoms with Crippen molar-refractivity contribution >= 4 is 21.2 Å². The molecular formula is C26H22F4N6O2S. The SMILES string of the molecule is Cc1nc(C(F)(F)F)cn1-c1ccc(-c2cccc(S(C)(=O)=O)c2)cc1N1NN(C)C=C1c1ccc(F)cn1. The summed E-state index contributed by atoms with van der Waals surface area (Å²) in [6, 6.07) is 14.1. The van der Waals surface area contributed by atoms with E-state index in [0.717, 1.165) is 18.6 Å². The fraction of sp³-hybridized carbons (Fsp3) is 0.154. The largest absolute Gasteiger partial charge is 0.434 e. The van der Waals surface area contributed by atoms with Gasteiger partial charge < -0.3 is 4.57 Å². The van der Waals surface area contributed by atoms with Crippen LogP contribution in [0.25, 0.3) is 22.5 Å². The zero-order valence-corrected chi connectivity index (χ0v) is 21.7. The van der Waals surface area contributed by atoms with Gasteiger partial charge in [0.1, 0.15) is 17.3 Å². The van der Waals surface area contributed by atoms with Crippen LogP contribution in [0.4, 0.5) is 23.2 Å². The van der Waals surface area contributed by atoms with Crippen LogP contribution >= 0.6 is 0 Å². The molecule has 0 amide bonds. The molecule has 13 heteroatoms. The molecule has 0 spiro atoms. The Morgan fingerprint density at radius 3 is 2.36 bits per heavy atom. The highest BCUT2D eigenvalue weighted by atomic mass is 32.2. The summed E-state index contributed by atoms with van der Waals surface area (Å²) < 4.78 is 79.7. The molecule has 0 aliphatic carbocycles. The molecule has 202 valence electrons. The van der Waals surface area contributed by atoms with Crippen LogP contribution in [0.15, 0.2) is 78.1 Å². The molecule has 0 bridgehead atoms. The van der Waals surface area contributed by atoms with Crippen LogP contribution in [0.5, 0.6) is 0 Å². The molecule has 39 heavy (non-hydrogen) atoms. The van der Waals surface area contributed by atoms with Gasteiger partial charge in [-0.2, -0.15) is 13.2 Å². The fourth-order valence-electron chi connectivity index (χ4n) is 4.22. The first-order valence-electron chi connectivity index (χ1n) is 11.5. The maximum atomic E-state index is 13.6. The Morgan fingerprint density at radius 1 is 0.974 bits per heavy atom. The molecule has 2 aromatic carbocycles. The van der Waals surface area contributed by atoms with Crippen LogP contribution in [0.3, 0.4) is 0 Å². The third-order valence-electron chi connectivity index (χ3n) is 6.05. The molecule has 5 rings (SSSR count). The van der Waals surface area contributed by atoms with Gasteiger partial charge in [-0.15, -0.1) is 5.53 Å². The van der Waals surface area contributed by atoms with Gasteiger partial charge >= 0.3 is 6.18 Å². The zero-order valence-electron chi connectivity index (χ0n) is 20.9. The first kappa shape index (κ1) is 26.4. The predicted octanol–water partition coefficient (Wildman–Crippen LogP) is 4.97. The summed E-state index contributed by atoms with van der Waals surface area (Å²) in [7, 11) is -1.76. The Bertz CT molecular complexity index is 1700. The van der Waals surface area contributed by atoms with E-state index >= 15 is 0 Å². The maximum absolute atomic E-state index is 13.6. The lowest BCUT2D eigenvalue weighted by molar-refractivity contribution is -0.141. The van der Waals surface area contributed by atoms with E-state index in [9.17, 15) is 26.0 Å². The molecule has 1 aliphatic rings. The summed E-state index contributed by atoms with van der Waals surface area (Å²) >= 11 is 0. The molecule has 0 atom stereocenters. The Labute approximate surface area is 221 Å². The number of aromatic nitrogens is 3. The normalized spacial score (nSPS) is 14.2. The van der Waals surface area contributed by atoms with Gasteiger partial charge in [0.05, 0.1) is 28.2 Å². The number of rotatable bonds is 5. The number of nitrogens with zero attached hydrogens (tertiary/aromatic N) is 5. The van der Waals surface area contributed by atoms with Gasteiger partial charge in [-0.25, -0.2) is 17.8 Å². The number of imidazole rings is 1. The molecule has 1 N–H and O–H groups in total. The fourth-order valence-corrected chi connectivity index (χ4v) is 4.89. The number of sulfone groups is 1. The quantitative estimate of drug-likeness (QED) is 0.346. The summed E-state index contributed by atoms with van der Waals surface area (Å²) in [6.07, 6.45) is 0.144. The maximum Gasteiger partial charge on any atom is 0.434 e. The highest BCUT2D eigenvalue weighted by Gasteiger charge is 2.35. The third kappa shape index (κ3) is 5.22. The first-order chi connectivity index (χ1) is 18.3. The lowest BCUT2D eigenvalue weighted by atomic mass is 10.0. The predicted molar refractivity (Wildman–Crippen MR) is 137 cm³/mol. The number of nitrogens with one attached hydrogen (secondary N) is 1. The lowest BCUT2D eigenvalue weighted by Gasteiger charge is -2.26. The molecule has 0 saturated carbocycles. The number of halogens is 4. The second-order valence-electron chi connectivity index (χ2n) is 8.97. The molecule has 0 fully saturated rings. The van der Waals surface area contributed by atoms with Gasteiger partial charge in [-0.05, 0) is 54.4 Å². The first-order valence-corrected chi connectivity index (χ1v) is 13.4. The monoisotopic (exact) mass is 558 g/mol. The van der Waals surface area contributed by atoms with Crippen LogP contribution in [-0.4, -0.2) is 41.3 Å². The molecule has 2 aromatic heterocycles. The molecular weight excluding hydrogens is 536 g/mol. The molecule has 1 aliphatic heterocycles. The molecule has 0 saturated heterocycles. The van der Waals surface area contributed by atoms with Gasteiger partial charge in [-0.3, -0.25) is 15.0 Å². The lowest BCUT2D eigenvalue weighted by Crippen LogP contribution is -2.39. The van der Waals surface area contributed by atoms with E-state index < -0.39 is 27.5 Å². The zero-order chi connectivity index (χ0) is 28.1. The van der Waals surface area contributed by atoms with Crippen molar-refractivity contribution in [2.75, 3.05) is 18.3 Å². The third-order valence-corrected chi connectivity index (χ3v) is 7.16. The molecule has 0 unspecified atom stereocenters. The number of hydrogen-bond donors (Lipinski definition) is 1. The van der Waals surface area contributed by atoms with Crippen molar-refractivity contribution < 1.29 is 26.0 Å². The van der Waals surface area contributed by atoms with Gasteiger partial charge in [0, 0.05) is 25.7 Å². The average molecular weight is 559 g/mol. The summed E-state index contributed by atoms with van der Waals surface area (Å²) in [4.78, 5) is 7.99. The number of aryl methyl sites for hydroxylation is 1. The van der Waals surface area contributed by atoms with Crippen molar-refractivity contribution in [2.24, 2.45) is 0 Å². The standard InChI is InChI=1S/C26H22F4N6O2S/c1-16-32-25(26(28,29)30)15-35(16)22-10-7-18(17-5-4-6-20(11-17)39(3,37)38)12-23(22)36-24(14-34(2)33-36)21-9-8-19(27)13-31-21/h4-15,33H,1-3H3. The summed E-state index contributed by atoms with van der Waals surface area (Å²) in [5, 5.41) is 3.22. The van der Waals surface area contributed by atoms with Crippen LogP contribution < -0.4 is 10.5 Å². The van der Waals surface area contributed by atoms with Crippen molar-refractivity contribution in [1.82, 2.24) is 25.1 Å². The van der Waals surface area contributed by atoms with Crippen molar-refractivity contribution in [3.63, 3.8) is 0 Å². The Morgan fingerprint density at radius 2 is 1.72 bits per heavy atom. The summed E-state index contributed by atoms with van der Waals surface area (Å²) in [5.74, 6) is -0.416. The van der Waals surface area contributed by atoms with E-state index in [-0.39, 0.29) is 10.7 Å². The van der Waals surface area contributed by atoms with Crippen LogP contribution in [0.2, 0.25) is 0 Å². The summed E-state index contributed by atoms with van der Waals surface area (Å²) in [5.41, 5.74) is 4.92. The van der Waals surface area contributed by atoms with Crippen molar-refractivity contribution in [3.05, 3.63) is 96.2 Å². The molecule has 3 heterocycles. The molecule has 0 radical (unpaired) electrons. The second kappa shape index (κ2) is 9.50. The number of benzene rings is 2. The van der Waals surface area contributed by atoms with E-state index in [1.54, 1.807) is 53.6 Å². The number of alkyl halides is 3. The number of hydrazine groups is 2. The average Bonchev–Trinajstić information content (AvgIpc) is 3.46. The minimum Gasteiger partial charge on any atom is -0.301 e. The molecule has 4 aromatic rings. The number of hydrogen-bond acceptors (Lipinski definition) is 7. The number of pyridine rings is 1. The van der Waals surface area contributed by atoms with Gasteiger partial charge in [0.25, 0.3) is 0 Å². The molecule has 8 nitrogen and oxygen atoms in total. The van der Waals surface area contributed by atoms with E-state index in [4.69, 9.17) is 0 Å². The second-order valence-corrected chi connectivity index (χ2v) is 11.0. The van der Waals surface area contributed by atoms with Crippen LogP contribution in [0.1, 0.15) is 17.2 Å². The van der Waals surface area contributed by atoms with Crippen molar-refractivity contribution in [1.29, 1.82) is 0 Å². The Hall–Kier alpha value is -4.23. The topological polar surface area (TPSA) is 83.4 Å². The van der Waals surface area contributed by atoms with Gasteiger partial charge in [-0.1, -0.05) is 18.2 Å². The minimum absolute atomic E-state index is 0.105.